The Morgan fingerprint density at radius 2 is 1.94 bits per heavy atom. The van der Waals surface area contributed by atoms with E-state index in [0.29, 0.717) is 5.92 Å². The number of aryl methyl sites for hydroxylation is 2. The molecule has 0 bridgehead atoms. The Kier molecular flexibility index (Phi) is 4.64. The lowest BCUT2D eigenvalue weighted by atomic mass is 10.1. The Hall–Kier alpha value is -4.08. The smallest absolute Gasteiger partial charge is 0.165 e. The Balaban J connectivity index is 1.22. The third-order valence-corrected chi connectivity index (χ3v) is 6.97. The topological polar surface area (TPSA) is 104 Å². The second kappa shape index (κ2) is 8.00. The molecule has 1 aliphatic carbocycles. The Morgan fingerprint density at radius 3 is 2.77 bits per heavy atom. The third-order valence-electron chi connectivity index (χ3n) is 6.97. The molecule has 1 atom stereocenters. The third kappa shape index (κ3) is 3.48. The molecule has 1 saturated carbocycles. The summed E-state index contributed by atoms with van der Waals surface area (Å²) in [5.74, 6) is 4.45. The number of anilines is 1. The van der Waals surface area contributed by atoms with Crippen molar-refractivity contribution < 1.29 is 0 Å². The van der Waals surface area contributed by atoms with E-state index >= 15 is 0 Å². The summed E-state index contributed by atoms with van der Waals surface area (Å²) >= 11 is 0. The highest BCUT2D eigenvalue weighted by atomic mass is 15.3. The van der Waals surface area contributed by atoms with Crippen molar-refractivity contribution in [1.82, 2.24) is 44.1 Å². The molecule has 10 heteroatoms. The fourth-order valence-corrected chi connectivity index (χ4v) is 5.03. The Bertz CT molecular complexity index is 1510. The van der Waals surface area contributed by atoms with Crippen LogP contribution in [0.15, 0.2) is 49.1 Å². The van der Waals surface area contributed by atoms with Gasteiger partial charge in [0.25, 0.3) is 0 Å². The van der Waals surface area contributed by atoms with Crippen LogP contribution in [0.25, 0.3) is 28.2 Å². The zero-order valence-electron chi connectivity index (χ0n) is 19.5. The number of rotatable bonds is 6. The van der Waals surface area contributed by atoms with Gasteiger partial charge in [-0.15, -0.1) is 10.2 Å². The fraction of sp³-hybridized carbons (Fsp3) is 0.360. The molecule has 0 spiro atoms. The average Bonchev–Trinajstić information content (AvgIpc) is 3.30. The van der Waals surface area contributed by atoms with Gasteiger partial charge in [0.2, 0.25) is 0 Å². The summed E-state index contributed by atoms with van der Waals surface area (Å²) in [7, 11) is 0. The van der Waals surface area contributed by atoms with Gasteiger partial charge in [0.1, 0.15) is 23.8 Å². The van der Waals surface area contributed by atoms with E-state index in [1.165, 1.54) is 12.8 Å². The maximum atomic E-state index is 5.01. The molecule has 1 aromatic carbocycles. The normalized spacial score (nSPS) is 17.6. The summed E-state index contributed by atoms with van der Waals surface area (Å²) in [5.41, 5.74) is 3.57. The molecule has 7 rings (SSSR count). The lowest BCUT2D eigenvalue weighted by Crippen LogP contribution is -2.32. The Morgan fingerprint density at radius 1 is 1.06 bits per heavy atom. The van der Waals surface area contributed by atoms with Crippen LogP contribution >= 0.6 is 0 Å². The van der Waals surface area contributed by atoms with Gasteiger partial charge in [-0.05, 0) is 38.3 Å². The van der Waals surface area contributed by atoms with E-state index in [1.54, 1.807) is 6.33 Å². The molecule has 10 nitrogen and oxygen atoms in total. The van der Waals surface area contributed by atoms with Crippen LogP contribution in [0.1, 0.15) is 43.8 Å². The summed E-state index contributed by atoms with van der Waals surface area (Å²) in [5, 5.41) is 17.1. The zero-order valence-corrected chi connectivity index (χ0v) is 19.5. The van der Waals surface area contributed by atoms with E-state index in [0.717, 1.165) is 71.6 Å². The predicted octanol–water partition coefficient (Wildman–Crippen LogP) is 3.59. The molecule has 0 unspecified atom stereocenters. The lowest BCUT2D eigenvalue weighted by Gasteiger charge is -2.25. The van der Waals surface area contributed by atoms with Crippen molar-refractivity contribution in [3.63, 3.8) is 0 Å². The summed E-state index contributed by atoms with van der Waals surface area (Å²) in [6.07, 6.45) is 9.84. The van der Waals surface area contributed by atoms with E-state index in [9.17, 15) is 0 Å². The number of hydrogen-bond acceptors (Lipinski definition) is 7. The number of imidazole rings is 1. The van der Waals surface area contributed by atoms with Gasteiger partial charge in [-0.2, -0.15) is 5.10 Å². The highest BCUT2D eigenvalue weighted by molar-refractivity contribution is 5.86. The van der Waals surface area contributed by atoms with Crippen LogP contribution < -0.4 is 5.32 Å². The molecule has 4 aromatic heterocycles. The highest BCUT2D eigenvalue weighted by Gasteiger charge is 2.33. The van der Waals surface area contributed by atoms with E-state index in [-0.39, 0.29) is 6.04 Å². The van der Waals surface area contributed by atoms with Crippen molar-refractivity contribution in [2.24, 2.45) is 0 Å². The van der Waals surface area contributed by atoms with Crippen LogP contribution in [0.4, 0.5) is 5.82 Å². The molecule has 1 N–H and O–H groups in total. The van der Waals surface area contributed by atoms with E-state index < -0.39 is 0 Å². The molecule has 2 aliphatic rings. The molecule has 1 fully saturated rings. The second-order valence-electron chi connectivity index (χ2n) is 9.32. The van der Waals surface area contributed by atoms with Gasteiger partial charge in [-0.1, -0.05) is 18.2 Å². The first-order chi connectivity index (χ1) is 17.3. The molecule has 5 aromatic rings. The van der Waals surface area contributed by atoms with Gasteiger partial charge >= 0.3 is 0 Å². The number of aromatic nitrogens is 9. The molecule has 35 heavy (non-hydrogen) atoms. The summed E-state index contributed by atoms with van der Waals surface area (Å²) in [6.45, 7) is 3.71. The Labute approximate surface area is 202 Å². The molecule has 0 radical (unpaired) electrons. The van der Waals surface area contributed by atoms with Gasteiger partial charge in [-0.3, -0.25) is 0 Å². The first-order valence-corrected chi connectivity index (χ1v) is 12.3. The van der Waals surface area contributed by atoms with Crippen LogP contribution in [-0.2, 0) is 19.5 Å². The summed E-state index contributed by atoms with van der Waals surface area (Å²) < 4.78 is 6.31. The van der Waals surface area contributed by atoms with Crippen molar-refractivity contribution in [2.45, 2.75) is 57.7 Å². The largest absolute Gasteiger partial charge is 0.364 e. The van der Waals surface area contributed by atoms with E-state index in [2.05, 4.69) is 46.6 Å². The minimum absolute atomic E-state index is 0.241. The molecule has 5 heterocycles. The average molecular weight is 467 g/mol. The number of nitrogens with zero attached hydrogens (tertiary/aromatic N) is 9. The predicted molar refractivity (Wildman–Crippen MR) is 131 cm³/mol. The van der Waals surface area contributed by atoms with Crippen LogP contribution in [-0.4, -0.2) is 50.1 Å². The monoisotopic (exact) mass is 466 g/mol. The molecule has 176 valence electrons. The molecular weight excluding hydrogens is 440 g/mol. The minimum atomic E-state index is 0.241. The van der Waals surface area contributed by atoms with Gasteiger partial charge < -0.3 is 14.5 Å². The first kappa shape index (κ1) is 20.3. The summed E-state index contributed by atoms with van der Waals surface area (Å²) in [4.78, 5) is 14.2. The fourth-order valence-electron chi connectivity index (χ4n) is 5.03. The second-order valence-corrected chi connectivity index (χ2v) is 9.32. The van der Waals surface area contributed by atoms with E-state index in [4.69, 9.17) is 4.98 Å². The zero-order chi connectivity index (χ0) is 23.4. The van der Waals surface area contributed by atoms with Crippen LogP contribution in [0.3, 0.4) is 0 Å². The van der Waals surface area contributed by atoms with Gasteiger partial charge in [0, 0.05) is 37.7 Å². The van der Waals surface area contributed by atoms with Crippen LogP contribution in [0, 0.1) is 0 Å². The number of benzene rings is 1. The lowest BCUT2D eigenvalue weighted by molar-refractivity contribution is 0.465. The number of para-hydroxylation sites is 1. The van der Waals surface area contributed by atoms with Crippen molar-refractivity contribution in [3.05, 3.63) is 60.7 Å². The highest BCUT2D eigenvalue weighted by Crippen LogP contribution is 2.40. The number of fused-ring (bicyclic) bond motifs is 2. The van der Waals surface area contributed by atoms with Crippen molar-refractivity contribution in [1.29, 1.82) is 0 Å². The van der Waals surface area contributed by atoms with Gasteiger partial charge in [0.05, 0.1) is 17.4 Å². The van der Waals surface area contributed by atoms with Crippen molar-refractivity contribution >= 4 is 17.0 Å². The van der Waals surface area contributed by atoms with Crippen LogP contribution in [0.2, 0.25) is 0 Å². The van der Waals surface area contributed by atoms with E-state index in [1.807, 2.05) is 47.4 Å². The van der Waals surface area contributed by atoms with Gasteiger partial charge in [-0.25, -0.2) is 19.6 Å². The maximum absolute atomic E-state index is 5.01. The standard InChI is InChI=1S/C25H26N10/c1-2-33-23(17-12-28-35(13-17)19-6-4-3-5-7-19)30-21-22(26-15-27-25(21)33)29-18-10-11-20-31-32-24(16-8-9-16)34(20)14-18/h3-7,12-13,15-16,18H,2,8-11,14H2,1H3,(H,26,27,29)/t18-/m1/s1. The minimum Gasteiger partial charge on any atom is -0.364 e. The van der Waals surface area contributed by atoms with Crippen molar-refractivity contribution in [3.8, 4) is 17.1 Å². The molecule has 0 saturated heterocycles. The number of nitrogens with one attached hydrogen (secondary N) is 1. The molecule has 0 amide bonds. The van der Waals surface area contributed by atoms with Crippen molar-refractivity contribution in [2.75, 3.05) is 5.32 Å². The number of hydrogen-bond donors (Lipinski definition) is 1. The summed E-state index contributed by atoms with van der Waals surface area (Å²) in [6, 6.07) is 10.3. The van der Waals surface area contributed by atoms with Gasteiger partial charge in [0.15, 0.2) is 17.0 Å². The maximum Gasteiger partial charge on any atom is 0.165 e. The quantitative estimate of drug-likeness (QED) is 0.408. The molecule has 1 aliphatic heterocycles. The SMILES string of the molecule is CCn1c(-c2cnn(-c3ccccc3)c2)nc2c(N[C@@H]3CCc4nnc(C5CC5)n4C3)ncnc21. The molecular formula is C25H26N10. The first-order valence-electron chi connectivity index (χ1n) is 12.3. The van der Waals surface area contributed by atoms with Crippen LogP contribution in [0.5, 0.6) is 0 Å².